The second-order valence-corrected chi connectivity index (χ2v) is 6.66. The van der Waals surface area contributed by atoms with Gasteiger partial charge in [0.15, 0.2) is 0 Å². The van der Waals surface area contributed by atoms with Crippen molar-refractivity contribution < 1.29 is 13.9 Å². The van der Waals surface area contributed by atoms with Gasteiger partial charge in [-0.25, -0.2) is 4.39 Å². The van der Waals surface area contributed by atoms with E-state index >= 15 is 0 Å². The summed E-state index contributed by atoms with van der Waals surface area (Å²) in [5.41, 5.74) is 1.72. The van der Waals surface area contributed by atoms with Crippen molar-refractivity contribution in [1.29, 1.82) is 0 Å². The van der Waals surface area contributed by atoms with Crippen molar-refractivity contribution in [3.8, 4) is 5.75 Å². The maximum Gasteiger partial charge on any atom is 0.258 e. The summed E-state index contributed by atoms with van der Waals surface area (Å²) >= 11 is 0. The third-order valence-electron chi connectivity index (χ3n) is 5.04. The second-order valence-electron chi connectivity index (χ2n) is 6.66. The van der Waals surface area contributed by atoms with Crippen molar-refractivity contribution >= 4 is 5.91 Å². The first-order valence-electron chi connectivity index (χ1n) is 8.80. The molecule has 3 rings (SSSR count). The number of hydrogen-bond acceptors (Lipinski definition) is 2. The molecule has 25 heavy (non-hydrogen) atoms. The Morgan fingerprint density at radius 2 is 1.88 bits per heavy atom. The zero-order chi connectivity index (χ0) is 17.8. The van der Waals surface area contributed by atoms with Crippen molar-refractivity contribution in [2.45, 2.75) is 44.7 Å². The molecule has 3 nitrogen and oxygen atoms in total. The van der Waals surface area contributed by atoms with Crippen LogP contribution in [0.25, 0.3) is 0 Å². The monoisotopic (exact) mass is 341 g/mol. The Balaban J connectivity index is 1.74. The lowest BCUT2D eigenvalue weighted by atomic mass is 10.0. The first-order chi connectivity index (χ1) is 12.1. The quantitative estimate of drug-likeness (QED) is 0.803. The van der Waals surface area contributed by atoms with Gasteiger partial charge in [-0.3, -0.25) is 4.79 Å². The molecule has 2 atom stereocenters. The molecule has 132 valence electrons. The van der Waals surface area contributed by atoms with Gasteiger partial charge >= 0.3 is 0 Å². The Labute approximate surface area is 148 Å². The molecule has 1 fully saturated rings. The van der Waals surface area contributed by atoms with Crippen LogP contribution in [0.5, 0.6) is 5.75 Å². The first-order valence-corrected chi connectivity index (χ1v) is 8.80. The highest BCUT2D eigenvalue weighted by atomic mass is 19.1. The van der Waals surface area contributed by atoms with E-state index in [1.807, 2.05) is 41.3 Å². The highest BCUT2D eigenvalue weighted by Gasteiger charge is 2.35. The number of para-hydroxylation sites is 1. The van der Waals surface area contributed by atoms with Crippen LogP contribution in [-0.2, 0) is 6.42 Å². The molecule has 0 unspecified atom stereocenters. The van der Waals surface area contributed by atoms with Crippen molar-refractivity contribution in [3.63, 3.8) is 0 Å². The molecular weight excluding hydrogens is 317 g/mol. The van der Waals surface area contributed by atoms with Gasteiger partial charge in [-0.1, -0.05) is 24.3 Å². The number of ether oxygens (including phenoxy) is 1. The minimum absolute atomic E-state index is 0.0338. The number of hydrogen-bond donors (Lipinski definition) is 0. The molecule has 2 aromatic carbocycles. The number of rotatable bonds is 5. The number of carbonyl (C=O) groups excluding carboxylic acids is 1. The molecule has 0 N–H and O–H groups in total. The Kier molecular flexibility index (Phi) is 5.37. The summed E-state index contributed by atoms with van der Waals surface area (Å²) < 4.78 is 18.4. The van der Waals surface area contributed by atoms with Gasteiger partial charge in [-0.2, -0.15) is 0 Å². The van der Waals surface area contributed by atoms with Gasteiger partial charge in [0.25, 0.3) is 5.91 Å². The molecule has 0 aromatic heterocycles. The van der Waals surface area contributed by atoms with Gasteiger partial charge < -0.3 is 9.64 Å². The van der Waals surface area contributed by atoms with Crippen LogP contribution >= 0.6 is 0 Å². The van der Waals surface area contributed by atoms with Gasteiger partial charge in [0.2, 0.25) is 0 Å². The van der Waals surface area contributed by atoms with Crippen molar-refractivity contribution in [2.75, 3.05) is 7.11 Å². The number of carbonyl (C=O) groups is 1. The fourth-order valence-electron chi connectivity index (χ4n) is 3.67. The van der Waals surface area contributed by atoms with E-state index in [1.54, 1.807) is 7.11 Å². The molecule has 2 aromatic rings. The van der Waals surface area contributed by atoms with Crippen molar-refractivity contribution in [3.05, 3.63) is 65.5 Å². The molecule has 1 aliphatic heterocycles. The van der Waals surface area contributed by atoms with Crippen molar-refractivity contribution in [2.24, 2.45) is 0 Å². The molecule has 1 amide bonds. The minimum Gasteiger partial charge on any atom is -0.496 e. The van der Waals surface area contributed by atoms with E-state index in [-0.39, 0.29) is 23.8 Å². The fraction of sp³-hybridized carbons (Fsp3) is 0.381. The molecular formula is C21H24FNO2. The zero-order valence-corrected chi connectivity index (χ0v) is 14.7. The van der Waals surface area contributed by atoms with E-state index in [0.29, 0.717) is 11.3 Å². The van der Waals surface area contributed by atoms with Gasteiger partial charge in [-0.15, -0.1) is 0 Å². The summed E-state index contributed by atoms with van der Waals surface area (Å²) in [4.78, 5) is 15.1. The zero-order valence-electron chi connectivity index (χ0n) is 14.7. The van der Waals surface area contributed by atoms with Crippen LogP contribution < -0.4 is 4.74 Å². The summed E-state index contributed by atoms with van der Waals surface area (Å²) in [6.45, 7) is 2.10. The number of amides is 1. The predicted octanol–water partition coefficient (Wildman–Crippen LogP) is 4.46. The van der Waals surface area contributed by atoms with E-state index in [2.05, 4.69) is 6.92 Å². The van der Waals surface area contributed by atoms with Crippen LogP contribution in [0.2, 0.25) is 0 Å². The maximum atomic E-state index is 13.1. The first kappa shape index (κ1) is 17.5. The Morgan fingerprint density at radius 1 is 1.16 bits per heavy atom. The van der Waals surface area contributed by atoms with Crippen LogP contribution in [0.3, 0.4) is 0 Å². The number of halogens is 1. The second kappa shape index (κ2) is 7.68. The summed E-state index contributed by atoms with van der Waals surface area (Å²) in [7, 11) is 1.59. The molecule has 0 spiro atoms. The van der Waals surface area contributed by atoms with Crippen LogP contribution in [0.4, 0.5) is 4.39 Å². The average molecular weight is 341 g/mol. The van der Waals surface area contributed by atoms with Crippen LogP contribution in [0.15, 0.2) is 48.5 Å². The van der Waals surface area contributed by atoms with E-state index in [9.17, 15) is 9.18 Å². The van der Waals surface area contributed by atoms with Gasteiger partial charge in [-0.05, 0) is 62.4 Å². The van der Waals surface area contributed by atoms with Crippen LogP contribution in [-0.4, -0.2) is 30.0 Å². The standard InChI is InChI=1S/C21H24FNO2/c1-15-7-13-18(14-10-16-8-11-17(22)12-9-16)23(15)21(24)19-5-3-4-6-20(19)25-2/h3-6,8-9,11-12,15,18H,7,10,13-14H2,1-2H3/t15-,18-/m1/s1. The highest BCUT2D eigenvalue weighted by molar-refractivity contribution is 5.97. The lowest BCUT2D eigenvalue weighted by molar-refractivity contribution is 0.0669. The lowest BCUT2D eigenvalue weighted by Gasteiger charge is -2.29. The van der Waals surface area contributed by atoms with E-state index in [1.165, 1.54) is 12.1 Å². The molecule has 1 heterocycles. The number of nitrogens with zero attached hydrogens (tertiary/aromatic N) is 1. The third-order valence-corrected chi connectivity index (χ3v) is 5.04. The van der Waals surface area contributed by atoms with E-state index < -0.39 is 0 Å². The third kappa shape index (κ3) is 3.84. The lowest BCUT2D eigenvalue weighted by Crippen LogP contribution is -2.40. The number of aryl methyl sites for hydroxylation is 1. The Morgan fingerprint density at radius 3 is 2.60 bits per heavy atom. The Hall–Kier alpha value is -2.36. The summed E-state index contributed by atoms with van der Waals surface area (Å²) in [5, 5.41) is 0. The summed E-state index contributed by atoms with van der Waals surface area (Å²) in [6, 6.07) is 14.4. The molecule has 0 saturated carbocycles. The topological polar surface area (TPSA) is 29.5 Å². The molecule has 1 aliphatic rings. The van der Waals surface area contributed by atoms with E-state index in [0.717, 1.165) is 31.2 Å². The van der Waals surface area contributed by atoms with Crippen LogP contribution in [0.1, 0.15) is 42.1 Å². The predicted molar refractivity (Wildman–Crippen MR) is 96.4 cm³/mol. The average Bonchev–Trinajstić information content (AvgIpc) is 3.01. The largest absolute Gasteiger partial charge is 0.496 e. The summed E-state index contributed by atoms with van der Waals surface area (Å²) in [6.07, 6.45) is 3.74. The fourth-order valence-corrected chi connectivity index (χ4v) is 3.67. The summed E-state index contributed by atoms with van der Waals surface area (Å²) in [5.74, 6) is 0.432. The molecule has 0 aliphatic carbocycles. The number of benzene rings is 2. The molecule has 1 saturated heterocycles. The van der Waals surface area contributed by atoms with Crippen LogP contribution in [0, 0.1) is 5.82 Å². The Bertz CT molecular complexity index is 729. The minimum atomic E-state index is -0.216. The van der Waals surface area contributed by atoms with Gasteiger partial charge in [0, 0.05) is 12.1 Å². The van der Waals surface area contributed by atoms with E-state index in [4.69, 9.17) is 4.74 Å². The van der Waals surface area contributed by atoms with Gasteiger partial charge in [0.1, 0.15) is 11.6 Å². The number of likely N-dealkylation sites (tertiary alicyclic amines) is 1. The maximum absolute atomic E-state index is 13.1. The van der Waals surface area contributed by atoms with Crippen molar-refractivity contribution in [1.82, 2.24) is 4.90 Å². The molecule has 4 heteroatoms. The normalized spacial score (nSPS) is 19.9. The van der Waals surface area contributed by atoms with Gasteiger partial charge in [0.05, 0.1) is 12.7 Å². The highest BCUT2D eigenvalue weighted by Crippen LogP contribution is 2.31. The number of methoxy groups -OCH3 is 1. The smallest absolute Gasteiger partial charge is 0.258 e. The molecule has 0 radical (unpaired) electrons. The SMILES string of the molecule is COc1ccccc1C(=O)N1[C@@H](CCc2ccc(F)cc2)CC[C@H]1C. The molecule has 0 bridgehead atoms.